The van der Waals surface area contributed by atoms with Crippen LogP contribution in [-0.2, 0) is 10.0 Å². The molecule has 0 amide bonds. The predicted octanol–water partition coefficient (Wildman–Crippen LogP) is 3.09. The van der Waals surface area contributed by atoms with Gasteiger partial charge in [-0.3, -0.25) is 0 Å². The van der Waals surface area contributed by atoms with E-state index in [1.807, 2.05) is 13.8 Å². The van der Waals surface area contributed by atoms with Crippen LogP contribution in [0.3, 0.4) is 0 Å². The maximum absolute atomic E-state index is 12.5. The van der Waals surface area contributed by atoms with Crippen molar-refractivity contribution in [2.75, 3.05) is 18.8 Å². The van der Waals surface area contributed by atoms with Gasteiger partial charge in [-0.15, -0.1) is 0 Å². The average Bonchev–Trinajstić information content (AvgIpc) is 2.38. The maximum Gasteiger partial charge on any atom is 0.243 e. The van der Waals surface area contributed by atoms with E-state index >= 15 is 0 Å². The molecule has 108 valence electrons. The molecule has 0 aliphatic heterocycles. The first-order valence-corrected chi connectivity index (χ1v) is 8.61. The van der Waals surface area contributed by atoms with Crippen LogP contribution >= 0.6 is 15.9 Å². The number of benzene rings is 1. The standard InChI is InChI=1S/C13H21BrN2O2S/c1-4-10(3)9-16(5-2)19(17,18)11-6-7-12(14)13(15)8-11/h6-8,10H,4-5,9,15H2,1-3H3. The molecule has 0 bridgehead atoms. The van der Waals surface area contributed by atoms with Gasteiger partial charge in [0.25, 0.3) is 0 Å². The van der Waals surface area contributed by atoms with Crippen LogP contribution < -0.4 is 5.73 Å². The Balaban J connectivity index is 3.09. The third kappa shape index (κ3) is 3.94. The smallest absolute Gasteiger partial charge is 0.243 e. The summed E-state index contributed by atoms with van der Waals surface area (Å²) < 4.78 is 27.3. The van der Waals surface area contributed by atoms with E-state index in [0.29, 0.717) is 29.2 Å². The van der Waals surface area contributed by atoms with Gasteiger partial charge >= 0.3 is 0 Å². The van der Waals surface area contributed by atoms with Gasteiger partial charge in [-0.25, -0.2) is 8.42 Å². The van der Waals surface area contributed by atoms with E-state index in [-0.39, 0.29) is 4.90 Å². The molecular formula is C13H21BrN2O2S. The number of rotatable bonds is 6. The summed E-state index contributed by atoms with van der Waals surface area (Å²) in [5, 5.41) is 0. The molecule has 1 aromatic rings. The SMILES string of the molecule is CCC(C)CN(CC)S(=O)(=O)c1ccc(Br)c(N)c1. The van der Waals surface area contributed by atoms with Gasteiger partial charge in [-0.2, -0.15) is 4.31 Å². The summed E-state index contributed by atoms with van der Waals surface area (Å²) in [4.78, 5) is 0.248. The Morgan fingerprint density at radius 1 is 1.37 bits per heavy atom. The van der Waals surface area contributed by atoms with E-state index in [1.165, 1.54) is 10.4 Å². The van der Waals surface area contributed by atoms with Crippen LogP contribution in [0.25, 0.3) is 0 Å². The minimum Gasteiger partial charge on any atom is -0.398 e. The Hall–Kier alpha value is -0.590. The molecule has 0 fully saturated rings. The molecule has 6 heteroatoms. The number of halogens is 1. The van der Waals surface area contributed by atoms with Crippen LogP contribution in [0.1, 0.15) is 27.2 Å². The van der Waals surface area contributed by atoms with Gasteiger partial charge in [0.05, 0.1) is 4.90 Å². The molecule has 1 unspecified atom stereocenters. The van der Waals surface area contributed by atoms with Crippen molar-refractivity contribution in [1.82, 2.24) is 4.31 Å². The van der Waals surface area contributed by atoms with Crippen molar-refractivity contribution in [3.63, 3.8) is 0 Å². The van der Waals surface area contributed by atoms with Crippen LogP contribution in [0.15, 0.2) is 27.6 Å². The monoisotopic (exact) mass is 348 g/mol. The number of nitrogens with two attached hydrogens (primary N) is 1. The minimum atomic E-state index is -3.46. The second-order valence-corrected chi connectivity index (χ2v) is 7.44. The molecule has 0 saturated carbocycles. The molecular weight excluding hydrogens is 328 g/mol. The second-order valence-electron chi connectivity index (χ2n) is 4.65. The Morgan fingerprint density at radius 3 is 2.47 bits per heavy atom. The van der Waals surface area contributed by atoms with Crippen LogP contribution in [-0.4, -0.2) is 25.8 Å². The number of nitrogen functional groups attached to an aromatic ring is 1. The number of hydrogen-bond donors (Lipinski definition) is 1. The first-order chi connectivity index (χ1) is 8.82. The molecule has 4 nitrogen and oxygen atoms in total. The van der Waals surface area contributed by atoms with Gasteiger partial charge in [0.15, 0.2) is 0 Å². The number of sulfonamides is 1. The topological polar surface area (TPSA) is 63.4 Å². The molecule has 0 spiro atoms. The lowest BCUT2D eigenvalue weighted by molar-refractivity contribution is 0.361. The molecule has 2 N–H and O–H groups in total. The summed E-state index contributed by atoms with van der Waals surface area (Å²) in [6, 6.07) is 4.74. The normalized spacial score (nSPS) is 13.7. The van der Waals surface area contributed by atoms with Gasteiger partial charge in [-0.1, -0.05) is 27.2 Å². The lowest BCUT2D eigenvalue weighted by atomic mass is 10.1. The summed E-state index contributed by atoms with van der Waals surface area (Å²) >= 11 is 3.27. The fourth-order valence-corrected chi connectivity index (χ4v) is 3.56. The molecule has 1 aromatic carbocycles. The van der Waals surface area contributed by atoms with Crippen molar-refractivity contribution in [2.45, 2.75) is 32.1 Å². The van der Waals surface area contributed by atoms with Crippen molar-refractivity contribution >= 4 is 31.6 Å². The van der Waals surface area contributed by atoms with Gasteiger partial charge in [0.2, 0.25) is 10.0 Å². The van der Waals surface area contributed by atoms with E-state index in [2.05, 4.69) is 22.9 Å². The van der Waals surface area contributed by atoms with Crippen molar-refractivity contribution < 1.29 is 8.42 Å². The van der Waals surface area contributed by atoms with Crippen molar-refractivity contribution in [1.29, 1.82) is 0 Å². The van der Waals surface area contributed by atoms with Gasteiger partial charge in [0.1, 0.15) is 0 Å². The first-order valence-electron chi connectivity index (χ1n) is 6.38. The Bertz CT molecular complexity index is 531. The van der Waals surface area contributed by atoms with Gasteiger partial charge in [0, 0.05) is 23.2 Å². The van der Waals surface area contributed by atoms with Gasteiger partial charge in [-0.05, 0) is 40.0 Å². The van der Waals surface area contributed by atoms with E-state index in [9.17, 15) is 8.42 Å². The highest BCUT2D eigenvalue weighted by Crippen LogP contribution is 2.25. The maximum atomic E-state index is 12.5. The Morgan fingerprint density at radius 2 is 2.00 bits per heavy atom. The largest absolute Gasteiger partial charge is 0.398 e. The third-order valence-electron chi connectivity index (χ3n) is 3.17. The zero-order valence-electron chi connectivity index (χ0n) is 11.6. The molecule has 1 atom stereocenters. The van der Waals surface area contributed by atoms with Crippen LogP contribution in [0.4, 0.5) is 5.69 Å². The zero-order valence-corrected chi connectivity index (χ0v) is 14.0. The minimum absolute atomic E-state index is 0.248. The zero-order chi connectivity index (χ0) is 14.6. The van der Waals surface area contributed by atoms with Crippen LogP contribution in [0.2, 0.25) is 0 Å². The number of hydrogen-bond acceptors (Lipinski definition) is 3. The third-order valence-corrected chi connectivity index (χ3v) is 5.83. The number of anilines is 1. The van der Waals surface area contributed by atoms with E-state index in [1.54, 1.807) is 12.1 Å². The van der Waals surface area contributed by atoms with Crippen LogP contribution in [0, 0.1) is 5.92 Å². The predicted molar refractivity (Wildman–Crippen MR) is 82.4 cm³/mol. The summed E-state index contributed by atoms with van der Waals surface area (Å²) in [6.07, 6.45) is 0.953. The highest BCUT2D eigenvalue weighted by Gasteiger charge is 2.24. The molecule has 19 heavy (non-hydrogen) atoms. The van der Waals surface area contributed by atoms with E-state index in [0.717, 1.165) is 6.42 Å². The van der Waals surface area contributed by atoms with E-state index < -0.39 is 10.0 Å². The Kier molecular flexibility index (Phi) is 5.82. The average molecular weight is 349 g/mol. The summed E-state index contributed by atoms with van der Waals surface area (Å²) in [5.74, 6) is 0.336. The molecule has 0 heterocycles. The van der Waals surface area contributed by atoms with Gasteiger partial charge < -0.3 is 5.73 Å². The Labute approximate surface area is 124 Å². The lowest BCUT2D eigenvalue weighted by Gasteiger charge is -2.23. The molecule has 0 aliphatic rings. The van der Waals surface area contributed by atoms with Crippen molar-refractivity contribution in [2.24, 2.45) is 5.92 Å². The molecule has 0 radical (unpaired) electrons. The molecule has 0 aliphatic carbocycles. The fraction of sp³-hybridized carbons (Fsp3) is 0.538. The van der Waals surface area contributed by atoms with Crippen LogP contribution in [0.5, 0.6) is 0 Å². The molecule has 0 aromatic heterocycles. The second kappa shape index (κ2) is 6.72. The highest BCUT2D eigenvalue weighted by atomic mass is 79.9. The molecule has 1 rings (SSSR count). The highest BCUT2D eigenvalue weighted by molar-refractivity contribution is 9.10. The summed E-state index contributed by atoms with van der Waals surface area (Å²) in [7, 11) is -3.46. The molecule has 0 saturated heterocycles. The fourth-order valence-electron chi connectivity index (χ4n) is 1.71. The quantitative estimate of drug-likeness (QED) is 0.803. The van der Waals surface area contributed by atoms with E-state index in [4.69, 9.17) is 5.73 Å². The summed E-state index contributed by atoms with van der Waals surface area (Å²) in [6.45, 7) is 6.95. The summed E-state index contributed by atoms with van der Waals surface area (Å²) in [5.41, 5.74) is 6.19. The first kappa shape index (κ1) is 16.5. The number of nitrogens with zero attached hydrogens (tertiary/aromatic N) is 1. The van der Waals surface area contributed by atoms with Crippen molar-refractivity contribution in [3.8, 4) is 0 Å². The lowest BCUT2D eigenvalue weighted by Crippen LogP contribution is -2.34. The van der Waals surface area contributed by atoms with Crippen molar-refractivity contribution in [3.05, 3.63) is 22.7 Å².